The summed E-state index contributed by atoms with van der Waals surface area (Å²) < 4.78 is 0. The number of thiophene rings is 1. The molecule has 1 N–H and O–H groups in total. The van der Waals surface area contributed by atoms with Crippen molar-refractivity contribution < 1.29 is 19.6 Å². The smallest absolute Gasteiger partial charge is 0.324 e. The molecular formula is C11H13N3O5S. The quantitative estimate of drug-likeness (QED) is 0.641. The van der Waals surface area contributed by atoms with Gasteiger partial charge in [0.2, 0.25) is 0 Å². The van der Waals surface area contributed by atoms with E-state index in [0.29, 0.717) is 31.1 Å². The fraction of sp³-hybridized carbons (Fsp3) is 0.455. The van der Waals surface area contributed by atoms with E-state index in [-0.39, 0.29) is 17.5 Å². The Hall–Kier alpha value is -2.00. The van der Waals surface area contributed by atoms with Crippen LogP contribution in [0.25, 0.3) is 0 Å². The minimum absolute atomic E-state index is 0.0352. The molecule has 1 fully saturated rings. The number of hydrogen-bond donors (Lipinski definition) is 1. The van der Waals surface area contributed by atoms with Crippen LogP contribution in [0.5, 0.6) is 0 Å². The van der Waals surface area contributed by atoms with Crippen LogP contribution < -0.4 is 0 Å². The average molecular weight is 299 g/mol. The summed E-state index contributed by atoms with van der Waals surface area (Å²) in [7, 11) is 0. The van der Waals surface area contributed by atoms with Gasteiger partial charge in [-0.15, -0.1) is 0 Å². The molecule has 108 valence electrons. The van der Waals surface area contributed by atoms with E-state index in [1.165, 1.54) is 12.1 Å². The van der Waals surface area contributed by atoms with Gasteiger partial charge in [-0.1, -0.05) is 11.3 Å². The normalized spacial score (nSPS) is 16.1. The predicted molar refractivity (Wildman–Crippen MR) is 71.0 cm³/mol. The number of hydrogen-bond acceptors (Lipinski definition) is 6. The lowest BCUT2D eigenvalue weighted by Crippen LogP contribution is -2.49. The summed E-state index contributed by atoms with van der Waals surface area (Å²) in [4.78, 5) is 36.5. The highest BCUT2D eigenvalue weighted by molar-refractivity contribution is 7.17. The summed E-state index contributed by atoms with van der Waals surface area (Å²) >= 11 is 0.856. The first kappa shape index (κ1) is 14.4. The molecule has 0 saturated carbocycles. The minimum atomic E-state index is -0.890. The van der Waals surface area contributed by atoms with Gasteiger partial charge in [0.15, 0.2) is 0 Å². The molecule has 0 aliphatic carbocycles. The van der Waals surface area contributed by atoms with Gasteiger partial charge in [-0.25, -0.2) is 0 Å². The summed E-state index contributed by atoms with van der Waals surface area (Å²) in [6.07, 6.45) is 0. The first-order valence-electron chi connectivity index (χ1n) is 5.95. The second-order valence-electron chi connectivity index (χ2n) is 4.36. The zero-order valence-electron chi connectivity index (χ0n) is 10.5. The maximum absolute atomic E-state index is 12.1. The number of carboxylic acids is 1. The first-order valence-corrected chi connectivity index (χ1v) is 6.76. The molecule has 1 aliphatic rings. The number of aliphatic carboxylic acids is 1. The SMILES string of the molecule is O=C(O)CN1CCN(C(=O)c2ccc([N+](=O)[O-])s2)CC1. The lowest BCUT2D eigenvalue weighted by atomic mass is 10.3. The Morgan fingerprint density at radius 2 is 1.95 bits per heavy atom. The van der Waals surface area contributed by atoms with Gasteiger partial charge in [0.1, 0.15) is 0 Å². The number of rotatable bonds is 4. The minimum Gasteiger partial charge on any atom is -0.480 e. The van der Waals surface area contributed by atoms with Crippen LogP contribution >= 0.6 is 11.3 Å². The molecule has 1 aromatic rings. The van der Waals surface area contributed by atoms with E-state index in [0.717, 1.165) is 11.3 Å². The summed E-state index contributed by atoms with van der Waals surface area (Å²) in [5.74, 6) is -1.13. The van der Waals surface area contributed by atoms with Crippen molar-refractivity contribution in [3.8, 4) is 0 Å². The van der Waals surface area contributed by atoms with Crippen LogP contribution in [0.3, 0.4) is 0 Å². The van der Waals surface area contributed by atoms with E-state index < -0.39 is 10.9 Å². The Bertz CT molecular complexity index is 536. The third-order valence-electron chi connectivity index (χ3n) is 3.00. The summed E-state index contributed by atoms with van der Waals surface area (Å²) in [6.45, 7) is 1.80. The molecule has 2 rings (SSSR count). The molecule has 1 aliphatic heterocycles. The third kappa shape index (κ3) is 3.31. The van der Waals surface area contributed by atoms with Crippen molar-refractivity contribution in [1.82, 2.24) is 9.80 Å². The zero-order chi connectivity index (χ0) is 14.7. The summed E-state index contributed by atoms with van der Waals surface area (Å²) in [5, 5.41) is 19.2. The van der Waals surface area contributed by atoms with E-state index in [9.17, 15) is 19.7 Å². The fourth-order valence-corrected chi connectivity index (χ4v) is 2.79. The zero-order valence-corrected chi connectivity index (χ0v) is 11.3. The molecule has 8 nitrogen and oxygen atoms in total. The fourth-order valence-electron chi connectivity index (χ4n) is 2.00. The van der Waals surface area contributed by atoms with E-state index >= 15 is 0 Å². The van der Waals surface area contributed by atoms with Crippen LogP contribution in [-0.2, 0) is 4.79 Å². The standard InChI is InChI=1S/C11H13N3O5S/c15-10(16)7-12-3-5-13(6-4-12)11(17)8-1-2-9(20-8)14(18)19/h1-2H,3-7H2,(H,15,16). The monoisotopic (exact) mass is 299 g/mol. The molecule has 20 heavy (non-hydrogen) atoms. The van der Waals surface area contributed by atoms with Gasteiger partial charge < -0.3 is 10.0 Å². The van der Waals surface area contributed by atoms with Crippen LogP contribution in [0, 0.1) is 10.1 Å². The molecule has 1 amide bonds. The van der Waals surface area contributed by atoms with Crippen LogP contribution in [0.4, 0.5) is 5.00 Å². The average Bonchev–Trinajstić information content (AvgIpc) is 2.88. The van der Waals surface area contributed by atoms with E-state index in [1.54, 1.807) is 9.80 Å². The van der Waals surface area contributed by atoms with Gasteiger partial charge in [0.25, 0.3) is 5.91 Å². The van der Waals surface area contributed by atoms with Crippen LogP contribution in [0.15, 0.2) is 12.1 Å². The number of nitro groups is 1. The van der Waals surface area contributed by atoms with Gasteiger partial charge in [0.05, 0.1) is 16.3 Å². The molecule has 9 heteroatoms. The summed E-state index contributed by atoms with van der Waals surface area (Å²) in [6, 6.07) is 2.77. The van der Waals surface area contributed by atoms with Gasteiger partial charge in [0, 0.05) is 32.2 Å². The molecule has 0 aromatic carbocycles. The topological polar surface area (TPSA) is 104 Å². The van der Waals surface area contributed by atoms with Gasteiger partial charge >= 0.3 is 11.0 Å². The molecule has 0 atom stereocenters. The second kappa shape index (κ2) is 5.97. The van der Waals surface area contributed by atoms with Crippen molar-refractivity contribution in [2.75, 3.05) is 32.7 Å². The van der Waals surface area contributed by atoms with Crippen molar-refractivity contribution in [3.05, 3.63) is 27.1 Å². The maximum Gasteiger partial charge on any atom is 0.324 e. The van der Waals surface area contributed by atoms with Gasteiger partial charge in [-0.05, 0) is 6.07 Å². The van der Waals surface area contributed by atoms with E-state index in [4.69, 9.17) is 5.11 Å². The Balaban J connectivity index is 1.94. The Kier molecular flexibility index (Phi) is 4.30. The number of carbonyl (C=O) groups is 2. The Morgan fingerprint density at radius 1 is 1.30 bits per heavy atom. The highest BCUT2D eigenvalue weighted by Gasteiger charge is 2.25. The lowest BCUT2D eigenvalue weighted by Gasteiger charge is -2.33. The largest absolute Gasteiger partial charge is 0.480 e. The first-order chi connectivity index (χ1) is 9.47. The lowest BCUT2D eigenvalue weighted by molar-refractivity contribution is -0.380. The molecule has 1 saturated heterocycles. The predicted octanol–water partition coefficient (Wildman–Crippen LogP) is 0.499. The van der Waals surface area contributed by atoms with Crippen molar-refractivity contribution in [1.29, 1.82) is 0 Å². The van der Waals surface area contributed by atoms with Crippen molar-refractivity contribution in [3.63, 3.8) is 0 Å². The Morgan fingerprint density at radius 3 is 2.45 bits per heavy atom. The number of nitrogens with zero attached hydrogens (tertiary/aromatic N) is 3. The maximum atomic E-state index is 12.1. The summed E-state index contributed by atoms with van der Waals surface area (Å²) in [5.41, 5.74) is 0. The second-order valence-corrected chi connectivity index (χ2v) is 5.42. The number of carbonyl (C=O) groups excluding carboxylic acids is 1. The van der Waals surface area contributed by atoms with Crippen molar-refractivity contribution >= 4 is 28.2 Å². The van der Waals surface area contributed by atoms with Gasteiger partial charge in [-0.2, -0.15) is 0 Å². The van der Waals surface area contributed by atoms with Crippen molar-refractivity contribution in [2.24, 2.45) is 0 Å². The molecule has 0 spiro atoms. The molecule has 0 bridgehead atoms. The molecule has 0 unspecified atom stereocenters. The van der Waals surface area contributed by atoms with E-state index in [2.05, 4.69) is 0 Å². The third-order valence-corrected chi connectivity index (χ3v) is 4.03. The molecule has 2 heterocycles. The highest BCUT2D eigenvalue weighted by atomic mass is 32.1. The van der Waals surface area contributed by atoms with Crippen LogP contribution in [0.1, 0.15) is 9.67 Å². The molecule has 1 aromatic heterocycles. The van der Waals surface area contributed by atoms with E-state index in [1.807, 2.05) is 0 Å². The van der Waals surface area contributed by atoms with Crippen molar-refractivity contribution in [2.45, 2.75) is 0 Å². The Labute approximate surface area is 118 Å². The molecule has 0 radical (unpaired) electrons. The molecular weight excluding hydrogens is 286 g/mol. The van der Waals surface area contributed by atoms with Crippen LogP contribution in [0.2, 0.25) is 0 Å². The number of carboxylic acid groups (broad SMARTS) is 1. The number of amides is 1. The highest BCUT2D eigenvalue weighted by Crippen LogP contribution is 2.25. The van der Waals surface area contributed by atoms with Crippen LogP contribution in [-0.4, -0.2) is 64.4 Å². The number of piperazine rings is 1. The van der Waals surface area contributed by atoms with Gasteiger partial charge in [-0.3, -0.25) is 24.6 Å².